The number of rotatable bonds is 1. The van der Waals surface area contributed by atoms with Crippen LogP contribution < -0.4 is 19.5 Å². The van der Waals surface area contributed by atoms with Gasteiger partial charge in [-0.05, 0) is 24.3 Å². The molecule has 1 amide bonds. The number of amides is 1. The summed E-state index contributed by atoms with van der Waals surface area (Å²) < 4.78 is 55.8. The van der Waals surface area contributed by atoms with Gasteiger partial charge in [-0.2, -0.15) is 0 Å². The summed E-state index contributed by atoms with van der Waals surface area (Å²) >= 11 is 6.22. The third-order valence-corrected chi connectivity index (χ3v) is 6.15. The Kier molecular flexibility index (Phi) is 6.29. The highest BCUT2D eigenvalue weighted by molar-refractivity contribution is 7.86. The van der Waals surface area contributed by atoms with E-state index in [1.807, 2.05) is 0 Å². The van der Waals surface area contributed by atoms with Crippen LogP contribution in [0, 0.1) is 11.6 Å². The zero-order valence-corrected chi connectivity index (χ0v) is 18.3. The molecule has 1 aliphatic rings. The summed E-state index contributed by atoms with van der Waals surface area (Å²) in [5.74, 6) is -1.82. The average Bonchev–Trinajstić information content (AvgIpc) is 2.77. The maximum absolute atomic E-state index is 14.7. The van der Waals surface area contributed by atoms with Gasteiger partial charge in [0.1, 0.15) is 28.9 Å². The Morgan fingerprint density at radius 2 is 1.88 bits per heavy atom. The summed E-state index contributed by atoms with van der Waals surface area (Å²) in [5, 5.41) is 2.74. The number of hydrogen-bond acceptors (Lipinski definition) is 4. The fraction of sp³-hybridized carbons (Fsp3) is 0.136. The molecule has 0 fully saturated rings. The van der Waals surface area contributed by atoms with Crippen LogP contribution in [0.2, 0.25) is 5.02 Å². The second kappa shape index (κ2) is 9.13. The molecule has 3 aromatic rings. The SMILES string of the molecule is COc1c(Cl)cc2cc1S(=O)Nc1cc(c(F)cc1F)-c1ccccc1OCCNC2=O. The molecule has 32 heavy (non-hydrogen) atoms. The molecule has 1 heterocycles. The van der Waals surface area contributed by atoms with Crippen LogP contribution in [-0.2, 0) is 11.0 Å². The second-order valence-electron chi connectivity index (χ2n) is 6.77. The zero-order chi connectivity index (χ0) is 22.8. The molecule has 0 radical (unpaired) electrons. The Bertz CT molecular complexity index is 1240. The first-order valence-electron chi connectivity index (χ1n) is 9.44. The maximum Gasteiger partial charge on any atom is 0.251 e. The van der Waals surface area contributed by atoms with Crippen LogP contribution in [0.3, 0.4) is 0 Å². The fourth-order valence-corrected chi connectivity index (χ4v) is 4.68. The molecule has 1 unspecified atom stereocenters. The maximum atomic E-state index is 14.7. The highest BCUT2D eigenvalue weighted by Gasteiger charge is 2.22. The lowest BCUT2D eigenvalue weighted by molar-refractivity contribution is 0.0946. The van der Waals surface area contributed by atoms with Crippen molar-refractivity contribution in [2.24, 2.45) is 0 Å². The van der Waals surface area contributed by atoms with Crippen molar-refractivity contribution in [2.45, 2.75) is 4.90 Å². The van der Waals surface area contributed by atoms with E-state index in [-0.39, 0.29) is 45.6 Å². The van der Waals surface area contributed by atoms with E-state index in [4.69, 9.17) is 21.1 Å². The first kappa shape index (κ1) is 22.0. The fourth-order valence-electron chi connectivity index (χ4n) is 3.27. The molecular weight excluding hydrogens is 462 g/mol. The summed E-state index contributed by atoms with van der Waals surface area (Å²) in [6.07, 6.45) is 0. The summed E-state index contributed by atoms with van der Waals surface area (Å²) in [5.41, 5.74) is 0.356. The minimum absolute atomic E-state index is 0.0296. The van der Waals surface area contributed by atoms with E-state index < -0.39 is 28.5 Å². The third kappa shape index (κ3) is 4.26. The van der Waals surface area contributed by atoms with Crippen LogP contribution in [-0.4, -0.2) is 30.4 Å². The minimum Gasteiger partial charge on any atom is -0.494 e. The number of benzene rings is 3. The number of nitrogens with one attached hydrogen (secondary N) is 2. The van der Waals surface area contributed by atoms with Crippen molar-refractivity contribution < 1.29 is 27.3 Å². The molecule has 6 nitrogen and oxygen atoms in total. The van der Waals surface area contributed by atoms with Gasteiger partial charge in [-0.1, -0.05) is 29.8 Å². The first-order valence-corrected chi connectivity index (χ1v) is 11.0. The number of methoxy groups -OCH3 is 1. The third-order valence-electron chi connectivity index (χ3n) is 4.76. The van der Waals surface area contributed by atoms with Gasteiger partial charge in [-0.15, -0.1) is 0 Å². The number of carbonyl (C=O) groups excluding carboxylic acids is 1. The second-order valence-corrected chi connectivity index (χ2v) is 8.36. The van der Waals surface area contributed by atoms with Gasteiger partial charge in [-0.25, -0.2) is 13.0 Å². The van der Waals surface area contributed by atoms with E-state index in [9.17, 15) is 17.8 Å². The normalized spacial score (nSPS) is 15.9. The zero-order valence-electron chi connectivity index (χ0n) is 16.7. The summed E-state index contributed by atoms with van der Waals surface area (Å²) in [6.45, 7) is 0.240. The standard InChI is InChI=1S/C22H17ClF2N2O4S/c1-30-21-15(23)8-12-9-20(21)32(29)27-18-10-14(16(24)11-17(18)25)13-4-2-3-5-19(13)31-7-6-26-22(12)28/h2-5,8-11,27H,6-7H2,1H3,(H,26,28). The Labute approximate surface area is 190 Å². The summed E-state index contributed by atoms with van der Waals surface area (Å²) in [6, 6.07) is 11.3. The van der Waals surface area contributed by atoms with E-state index in [0.29, 0.717) is 17.4 Å². The van der Waals surface area contributed by atoms with Gasteiger partial charge in [0.15, 0.2) is 16.7 Å². The van der Waals surface area contributed by atoms with Crippen molar-refractivity contribution in [3.63, 3.8) is 0 Å². The lowest BCUT2D eigenvalue weighted by Gasteiger charge is -2.15. The Morgan fingerprint density at radius 1 is 1.09 bits per heavy atom. The molecule has 3 aromatic carbocycles. The van der Waals surface area contributed by atoms with E-state index in [2.05, 4.69) is 10.0 Å². The van der Waals surface area contributed by atoms with Crippen LogP contribution in [0.4, 0.5) is 14.5 Å². The quantitative estimate of drug-likeness (QED) is 0.538. The highest BCUT2D eigenvalue weighted by atomic mass is 35.5. The van der Waals surface area contributed by atoms with E-state index in [1.54, 1.807) is 24.3 Å². The Hall–Kier alpha value is -3.17. The van der Waals surface area contributed by atoms with Crippen molar-refractivity contribution in [2.75, 3.05) is 25.0 Å². The molecule has 0 saturated carbocycles. The summed E-state index contributed by atoms with van der Waals surface area (Å²) in [7, 11) is -0.763. The van der Waals surface area contributed by atoms with Crippen molar-refractivity contribution in [3.05, 3.63) is 70.8 Å². The largest absolute Gasteiger partial charge is 0.494 e. The number of fused-ring (bicyclic) bond motifs is 6. The van der Waals surface area contributed by atoms with Gasteiger partial charge in [0.2, 0.25) is 0 Å². The molecular formula is C22H17ClF2N2O4S. The van der Waals surface area contributed by atoms with E-state index in [1.165, 1.54) is 25.3 Å². The Morgan fingerprint density at radius 3 is 2.66 bits per heavy atom. The van der Waals surface area contributed by atoms with Crippen LogP contribution in [0.1, 0.15) is 10.4 Å². The molecule has 4 bridgehead atoms. The number of para-hydroxylation sites is 1. The van der Waals surface area contributed by atoms with Crippen molar-refractivity contribution in [1.82, 2.24) is 5.32 Å². The highest BCUT2D eigenvalue weighted by Crippen LogP contribution is 2.37. The van der Waals surface area contributed by atoms with Crippen molar-refractivity contribution in [3.8, 4) is 22.6 Å². The average molecular weight is 479 g/mol. The van der Waals surface area contributed by atoms with Crippen molar-refractivity contribution >= 4 is 34.2 Å². The molecule has 4 rings (SSSR count). The van der Waals surface area contributed by atoms with Crippen LogP contribution >= 0.6 is 11.6 Å². The van der Waals surface area contributed by atoms with Gasteiger partial charge in [0.05, 0.1) is 24.4 Å². The minimum atomic E-state index is -2.09. The molecule has 0 spiro atoms. The van der Waals surface area contributed by atoms with Gasteiger partial charge in [0, 0.05) is 22.8 Å². The number of hydrogen-bond donors (Lipinski definition) is 2. The molecule has 1 aliphatic heterocycles. The van der Waals surface area contributed by atoms with Crippen LogP contribution in [0.15, 0.2) is 53.4 Å². The lowest BCUT2D eigenvalue weighted by Crippen LogP contribution is -2.28. The van der Waals surface area contributed by atoms with Crippen LogP contribution in [0.5, 0.6) is 11.5 Å². The smallest absolute Gasteiger partial charge is 0.251 e. The number of anilines is 1. The predicted molar refractivity (Wildman–Crippen MR) is 118 cm³/mol. The van der Waals surface area contributed by atoms with Gasteiger partial charge >= 0.3 is 0 Å². The monoisotopic (exact) mass is 478 g/mol. The number of ether oxygens (including phenoxy) is 2. The molecule has 2 N–H and O–H groups in total. The summed E-state index contributed by atoms with van der Waals surface area (Å²) in [4.78, 5) is 12.6. The molecule has 1 atom stereocenters. The van der Waals surface area contributed by atoms with Crippen molar-refractivity contribution in [1.29, 1.82) is 0 Å². The Balaban J connectivity index is 1.88. The van der Waals surface area contributed by atoms with Crippen LogP contribution in [0.25, 0.3) is 11.1 Å². The van der Waals surface area contributed by atoms with Gasteiger partial charge in [-0.3, -0.25) is 9.52 Å². The van der Waals surface area contributed by atoms with E-state index >= 15 is 0 Å². The number of halogens is 3. The topological polar surface area (TPSA) is 76.7 Å². The van der Waals surface area contributed by atoms with E-state index in [0.717, 1.165) is 0 Å². The number of carbonyl (C=O) groups is 1. The molecule has 0 aliphatic carbocycles. The molecule has 0 aromatic heterocycles. The molecule has 166 valence electrons. The van der Waals surface area contributed by atoms with Gasteiger partial charge in [0.25, 0.3) is 5.91 Å². The molecule has 10 heteroatoms. The lowest BCUT2D eigenvalue weighted by atomic mass is 10.0. The first-order chi connectivity index (χ1) is 15.4. The molecule has 0 saturated heterocycles. The predicted octanol–water partition coefficient (Wildman–Crippen LogP) is 4.55. The van der Waals surface area contributed by atoms with Gasteiger partial charge < -0.3 is 14.8 Å².